The Hall–Kier alpha value is -4.94. The number of fused-ring (bicyclic) bond motifs is 2. The van der Waals surface area contributed by atoms with Gasteiger partial charge in [0.1, 0.15) is 11.7 Å². The topological polar surface area (TPSA) is 171 Å². The van der Waals surface area contributed by atoms with Gasteiger partial charge in [-0.15, -0.1) is 0 Å². The summed E-state index contributed by atoms with van der Waals surface area (Å²) < 4.78 is 6.24. The first kappa shape index (κ1) is 20.0. The van der Waals surface area contributed by atoms with Gasteiger partial charge in [-0.1, -0.05) is 17.2 Å². The summed E-state index contributed by atoms with van der Waals surface area (Å²) in [6.45, 7) is 0. The minimum absolute atomic E-state index is 0.0760. The average Bonchev–Trinajstić information content (AvgIpc) is 3.31. The molecule has 5 rings (SSSR count). The van der Waals surface area contributed by atoms with E-state index in [1.807, 2.05) is 0 Å². The van der Waals surface area contributed by atoms with Crippen LogP contribution in [0.3, 0.4) is 0 Å². The Bertz CT molecular complexity index is 1440. The number of hydrogen-bond acceptors (Lipinski definition) is 10. The van der Waals surface area contributed by atoms with E-state index >= 15 is 0 Å². The molecule has 2 aromatic carbocycles. The summed E-state index contributed by atoms with van der Waals surface area (Å²) in [7, 11) is 1.29. The quantitative estimate of drug-likeness (QED) is 0.236. The van der Waals surface area contributed by atoms with Crippen molar-refractivity contribution in [2.45, 2.75) is 6.04 Å². The highest BCUT2D eigenvalue weighted by molar-refractivity contribution is 5.89. The lowest BCUT2D eigenvalue weighted by Gasteiger charge is -2.27. The summed E-state index contributed by atoms with van der Waals surface area (Å²) in [4.78, 5) is 35.1. The molecule has 0 radical (unpaired) electrons. The van der Waals surface area contributed by atoms with Crippen molar-refractivity contribution in [2.75, 3.05) is 12.4 Å². The van der Waals surface area contributed by atoms with Gasteiger partial charge in [-0.3, -0.25) is 14.9 Å². The number of aromatic amines is 1. The number of nitro groups is 1. The van der Waals surface area contributed by atoms with Gasteiger partial charge in [0.2, 0.25) is 5.95 Å². The van der Waals surface area contributed by atoms with Crippen molar-refractivity contribution in [2.24, 2.45) is 0 Å². The van der Waals surface area contributed by atoms with Crippen molar-refractivity contribution < 1.29 is 14.5 Å². The molecule has 0 bridgehead atoms. The lowest BCUT2D eigenvalue weighted by Crippen LogP contribution is -2.29. The second-order valence-corrected chi connectivity index (χ2v) is 7.08. The van der Waals surface area contributed by atoms with Crippen molar-refractivity contribution >= 4 is 23.3 Å². The first-order valence-electron chi connectivity index (χ1n) is 9.58. The van der Waals surface area contributed by atoms with Gasteiger partial charge in [0, 0.05) is 23.3 Å². The third-order valence-corrected chi connectivity index (χ3v) is 5.27. The minimum atomic E-state index is -0.669. The summed E-state index contributed by atoms with van der Waals surface area (Å²) in [5.74, 6) is -0.240. The lowest BCUT2D eigenvalue weighted by molar-refractivity contribution is -0.384. The molecule has 33 heavy (non-hydrogen) atoms. The maximum Gasteiger partial charge on any atom is 0.337 e. The van der Waals surface area contributed by atoms with Crippen LogP contribution < -0.4 is 10.9 Å². The number of nitro benzene ring substituents is 1. The summed E-state index contributed by atoms with van der Waals surface area (Å²) in [6.07, 6.45) is 0. The number of nitrogens with zero attached hydrogens (tertiary/aromatic N) is 6. The maximum absolute atomic E-state index is 12.7. The van der Waals surface area contributed by atoms with Crippen LogP contribution in [0.25, 0.3) is 11.3 Å². The zero-order valence-corrected chi connectivity index (χ0v) is 16.9. The molecule has 1 unspecified atom stereocenters. The molecule has 13 nitrogen and oxygen atoms in total. The molecule has 0 fully saturated rings. The Morgan fingerprint density at radius 3 is 2.55 bits per heavy atom. The van der Waals surface area contributed by atoms with Crippen LogP contribution in [0.15, 0.2) is 53.3 Å². The van der Waals surface area contributed by atoms with Gasteiger partial charge in [-0.25, -0.2) is 9.89 Å². The average molecular weight is 446 g/mol. The zero-order valence-electron chi connectivity index (χ0n) is 16.9. The van der Waals surface area contributed by atoms with E-state index in [2.05, 4.69) is 31.0 Å². The predicted molar refractivity (Wildman–Crippen MR) is 113 cm³/mol. The second kappa shape index (κ2) is 7.64. The molecule has 1 aliphatic rings. The van der Waals surface area contributed by atoms with E-state index in [4.69, 9.17) is 4.74 Å². The van der Waals surface area contributed by atoms with E-state index in [0.717, 1.165) is 0 Å². The van der Waals surface area contributed by atoms with E-state index in [1.54, 1.807) is 36.4 Å². The van der Waals surface area contributed by atoms with Crippen LogP contribution in [0.4, 0.5) is 17.3 Å². The number of benzene rings is 2. The lowest BCUT2D eigenvalue weighted by atomic mass is 9.92. The number of H-pyrrole nitrogens is 1. The Balaban J connectivity index is 1.71. The highest BCUT2D eigenvalue weighted by Crippen LogP contribution is 2.41. The third-order valence-electron chi connectivity index (χ3n) is 5.27. The van der Waals surface area contributed by atoms with Gasteiger partial charge in [0.25, 0.3) is 11.2 Å². The smallest absolute Gasteiger partial charge is 0.337 e. The van der Waals surface area contributed by atoms with Gasteiger partial charge in [-0.05, 0) is 40.3 Å². The zero-order chi connectivity index (χ0) is 23.1. The van der Waals surface area contributed by atoms with Gasteiger partial charge in [0.15, 0.2) is 0 Å². The van der Waals surface area contributed by atoms with Crippen molar-refractivity contribution in [1.82, 2.24) is 30.4 Å². The van der Waals surface area contributed by atoms with Crippen molar-refractivity contribution in [3.63, 3.8) is 0 Å². The van der Waals surface area contributed by atoms with Crippen LogP contribution in [-0.4, -0.2) is 48.4 Å². The van der Waals surface area contributed by atoms with E-state index in [-0.39, 0.29) is 17.3 Å². The highest BCUT2D eigenvalue weighted by atomic mass is 16.6. The molecule has 2 N–H and O–H groups in total. The van der Waals surface area contributed by atoms with E-state index in [0.29, 0.717) is 27.9 Å². The Labute approximate surface area is 184 Å². The number of methoxy groups -OCH3 is 1. The number of esters is 1. The second-order valence-electron chi connectivity index (χ2n) is 7.08. The predicted octanol–water partition coefficient (Wildman–Crippen LogP) is 1.81. The maximum atomic E-state index is 12.7. The third kappa shape index (κ3) is 3.27. The number of carbonyl (C=O) groups excluding carboxylic acids is 1. The number of tetrazole rings is 1. The van der Waals surface area contributed by atoms with Gasteiger partial charge >= 0.3 is 5.97 Å². The van der Waals surface area contributed by atoms with Gasteiger partial charge in [0.05, 0.1) is 23.3 Å². The van der Waals surface area contributed by atoms with Gasteiger partial charge in [-0.2, -0.15) is 9.78 Å². The number of hydrogen-bond donors (Lipinski definition) is 2. The molecule has 0 saturated carbocycles. The van der Waals surface area contributed by atoms with Crippen LogP contribution >= 0.6 is 0 Å². The summed E-state index contributed by atoms with van der Waals surface area (Å²) >= 11 is 0. The summed E-state index contributed by atoms with van der Waals surface area (Å²) in [6, 6.07) is 11.7. The van der Waals surface area contributed by atoms with Crippen molar-refractivity contribution in [3.8, 4) is 11.3 Å². The molecule has 0 saturated heterocycles. The molecule has 13 heteroatoms. The van der Waals surface area contributed by atoms with Crippen LogP contribution in [-0.2, 0) is 4.74 Å². The number of non-ortho nitro benzene ring substituents is 1. The molecule has 164 valence electrons. The number of ether oxygens (including phenoxy) is 1. The first-order chi connectivity index (χ1) is 16.0. The van der Waals surface area contributed by atoms with Crippen molar-refractivity contribution in [3.05, 3.63) is 85.7 Å². The molecular weight excluding hydrogens is 432 g/mol. The minimum Gasteiger partial charge on any atom is -0.465 e. The number of aromatic nitrogens is 6. The monoisotopic (exact) mass is 446 g/mol. The number of carbonyl (C=O) groups is 1. The van der Waals surface area contributed by atoms with Crippen LogP contribution in [0, 0.1) is 10.1 Å². The molecule has 1 aliphatic heterocycles. The fraction of sp³-hybridized carbons (Fsp3) is 0.100. The Kier molecular flexibility index (Phi) is 4.63. The fourth-order valence-corrected chi connectivity index (χ4v) is 3.73. The summed E-state index contributed by atoms with van der Waals surface area (Å²) in [5.41, 5.74) is 2.06. The molecular formula is C20H14N8O5. The SMILES string of the molecule is COC(=O)c1ccc(C2c3c(-c4ccc([N+](=O)[O-])cc4)n[nH]c(=O)c3Nc3nnnn32)cc1. The molecule has 0 spiro atoms. The highest BCUT2D eigenvalue weighted by Gasteiger charge is 2.34. The van der Waals surface area contributed by atoms with E-state index in [1.165, 1.54) is 23.9 Å². The van der Waals surface area contributed by atoms with Crippen LogP contribution in [0.5, 0.6) is 0 Å². The molecule has 0 aliphatic carbocycles. The molecule has 2 aromatic heterocycles. The Morgan fingerprint density at radius 2 is 1.88 bits per heavy atom. The molecule has 3 heterocycles. The van der Waals surface area contributed by atoms with Crippen LogP contribution in [0.2, 0.25) is 0 Å². The largest absolute Gasteiger partial charge is 0.465 e. The Morgan fingerprint density at radius 1 is 1.15 bits per heavy atom. The van der Waals surface area contributed by atoms with Gasteiger partial charge < -0.3 is 10.1 Å². The standard InChI is InChI=1S/C20H14N8O5/c1-33-19(30)12-4-2-11(3-5-12)17-14-15(10-6-8-13(9-7-10)28(31)32)22-23-18(29)16(14)21-20-24-25-26-27(17)20/h2-9,17H,1H3,(H,23,29)(H,21,24,26). The normalized spacial score (nSPS) is 14.0. The fourth-order valence-electron chi connectivity index (χ4n) is 3.73. The van der Waals surface area contributed by atoms with Crippen LogP contribution in [0.1, 0.15) is 27.5 Å². The van der Waals surface area contributed by atoms with E-state index in [9.17, 15) is 19.7 Å². The molecule has 4 aromatic rings. The number of rotatable bonds is 4. The van der Waals surface area contributed by atoms with E-state index < -0.39 is 22.5 Å². The van der Waals surface area contributed by atoms with Crippen molar-refractivity contribution in [1.29, 1.82) is 0 Å². The number of anilines is 2. The first-order valence-corrected chi connectivity index (χ1v) is 9.58. The molecule has 0 amide bonds. The summed E-state index contributed by atoms with van der Waals surface area (Å²) in [5, 5.41) is 32.3. The molecule has 1 atom stereocenters. The number of nitrogens with one attached hydrogen (secondary N) is 2.